The molecule has 0 radical (unpaired) electrons. The van der Waals surface area contributed by atoms with E-state index in [1.807, 2.05) is 6.26 Å². The summed E-state index contributed by atoms with van der Waals surface area (Å²) in [4.78, 5) is 11.1. The fourth-order valence-corrected chi connectivity index (χ4v) is 3.92. The van der Waals surface area contributed by atoms with Crippen LogP contribution in [-0.2, 0) is 13.7 Å². The summed E-state index contributed by atoms with van der Waals surface area (Å²) in [6.07, 6.45) is 7.31. The number of hydrogen-bond donors (Lipinski definition) is 0. The number of hydrogen-bond acceptors (Lipinski definition) is 4. The van der Waals surface area contributed by atoms with Crippen LogP contribution in [0.1, 0.15) is 27.2 Å². The number of rotatable bonds is 8. The predicted molar refractivity (Wildman–Crippen MR) is 83.4 cm³/mol. The van der Waals surface area contributed by atoms with Crippen molar-refractivity contribution in [3.8, 4) is 0 Å². The highest BCUT2D eigenvalue weighted by Gasteiger charge is 2.33. The Morgan fingerprint density at radius 3 is 2.39 bits per heavy atom. The lowest BCUT2D eigenvalue weighted by Gasteiger charge is -2.45. The van der Waals surface area contributed by atoms with E-state index >= 15 is 0 Å². The van der Waals surface area contributed by atoms with E-state index < -0.39 is 10.0 Å². The molecule has 5 heteroatoms. The molecule has 0 spiro atoms. The first-order chi connectivity index (χ1) is 8.14. The zero-order valence-corrected chi connectivity index (χ0v) is 14.0. The van der Waals surface area contributed by atoms with Crippen LogP contribution >= 0.6 is 22.1 Å². The molecule has 0 unspecified atom stereocenters. The van der Waals surface area contributed by atoms with E-state index in [1.165, 1.54) is 12.0 Å². The van der Waals surface area contributed by atoms with Gasteiger partial charge in [-0.1, -0.05) is 6.58 Å². The van der Waals surface area contributed by atoms with Gasteiger partial charge < -0.3 is 8.92 Å². The summed E-state index contributed by atoms with van der Waals surface area (Å²) >= 11 is 1.41. The molecule has 0 aromatic heterocycles. The van der Waals surface area contributed by atoms with E-state index in [2.05, 4.69) is 32.9 Å². The minimum absolute atomic E-state index is 0.134. The van der Waals surface area contributed by atoms with E-state index in [-0.39, 0.29) is 10.9 Å². The van der Waals surface area contributed by atoms with Crippen molar-refractivity contribution in [3.05, 3.63) is 12.2 Å². The van der Waals surface area contributed by atoms with Crippen molar-refractivity contribution in [2.75, 3.05) is 31.1 Å². The highest BCUT2D eigenvalue weighted by atomic mass is 32.3. The predicted octanol–water partition coefficient (Wildman–Crippen LogP) is 3.59. The summed E-state index contributed by atoms with van der Waals surface area (Å²) in [5.74, 6) is 0.715. The average molecular weight is 294 g/mol. The van der Waals surface area contributed by atoms with Gasteiger partial charge in [0, 0.05) is 11.8 Å². The number of carbonyl (C=O) groups is 1. The molecular weight excluding hydrogens is 268 g/mol. The zero-order valence-electron chi connectivity index (χ0n) is 12.4. The highest BCUT2D eigenvalue weighted by Crippen LogP contribution is 2.55. The van der Waals surface area contributed by atoms with Gasteiger partial charge in [0.15, 0.2) is 0 Å². The van der Waals surface area contributed by atoms with E-state index in [4.69, 9.17) is 8.92 Å². The molecule has 0 aliphatic rings. The van der Waals surface area contributed by atoms with E-state index in [1.54, 1.807) is 6.92 Å². The summed E-state index contributed by atoms with van der Waals surface area (Å²) in [7, 11) is -0.897. The molecule has 0 amide bonds. The number of carbonyl (C=O) groups excluding carboxylic acids is 1. The standard InChI is InChI=1S/C13H26O3S2/c1-11(2)12(14)15-9-8-10-18(6,7)13(3,4)16-17-5/h1,8-10H2,2-7H3. The summed E-state index contributed by atoms with van der Waals surface area (Å²) < 4.78 is 10.8. The first-order valence-electron chi connectivity index (χ1n) is 5.89. The lowest BCUT2D eigenvalue weighted by Crippen LogP contribution is -2.31. The lowest BCUT2D eigenvalue weighted by atomic mass is 10.4. The molecule has 0 aliphatic heterocycles. The molecule has 0 atom stereocenters. The van der Waals surface area contributed by atoms with Gasteiger partial charge in [-0.3, -0.25) is 0 Å². The van der Waals surface area contributed by atoms with Gasteiger partial charge in [0.05, 0.1) is 6.61 Å². The molecule has 3 nitrogen and oxygen atoms in total. The van der Waals surface area contributed by atoms with Crippen molar-refractivity contribution in [2.24, 2.45) is 0 Å². The first kappa shape index (κ1) is 17.9. The molecular formula is C13H26O3S2. The molecule has 0 aromatic carbocycles. The third kappa shape index (κ3) is 5.67. The third-order valence-corrected chi connectivity index (χ3v) is 7.74. The van der Waals surface area contributed by atoms with Crippen LogP contribution in [0.25, 0.3) is 0 Å². The number of ether oxygens (including phenoxy) is 1. The van der Waals surface area contributed by atoms with Crippen molar-refractivity contribution in [3.63, 3.8) is 0 Å². The quantitative estimate of drug-likeness (QED) is 0.297. The summed E-state index contributed by atoms with van der Waals surface area (Å²) in [5.41, 5.74) is 0.452. The monoisotopic (exact) mass is 294 g/mol. The SMILES string of the molecule is C=C(C)C(=O)OCCCS(C)(C)C(C)(C)OSC. The van der Waals surface area contributed by atoms with Gasteiger partial charge in [-0.05, 0) is 57.5 Å². The molecule has 0 saturated carbocycles. The van der Waals surface area contributed by atoms with Gasteiger partial charge in [0.2, 0.25) is 0 Å². The Kier molecular flexibility index (Phi) is 7.40. The Morgan fingerprint density at radius 2 is 1.94 bits per heavy atom. The van der Waals surface area contributed by atoms with Gasteiger partial charge in [-0.15, -0.1) is 0 Å². The Balaban J connectivity index is 4.12. The Morgan fingerprint density at radius 1 is 1.39 bits per heavy atom. The second kappa shape index (κ2) is 7.46. The minimum Gasteiger partial charge on any atom is -0.462 e. The lowest BCUT2D eigenvalue weighted by molar-refractivity contribution is -0.138. The topological polar surface area (TPSA) is 35.5 Å². The van der Waals surface area contributed by atoms with Gasteiger partial charge in [0.1, 0.15) is 4.93 Å². The second-order valence-corrected chi connectivity index (χ2v) is 10.1. The normalized spacial score (nSPS) is 13.2. The summed E-state index contributed by atoms with van der Waals surface area (Å²) in [5, 5.41) is 0. The molecule has 0 saturated heterocycles. The van der Waals surface area contributed by atoms with Crippen molar-refractivity contribution in [2.45, 2.75) is 32.1 Å². The third-order valence-electron chi connectivity index (χ3n) is 3.00. The van der Waals surface area contributed by atoms with Gasteiger partial charge in [-0.25, -0.2) is 14.8 Å². The van der Waals surface area contributed by atoms with Gasteiger partial charge in [0.25, 0.3) is 0 Å². The maximum Gasteiger partial charge on any atom is 0.333 e. The minimum atomic E-state index is -0.897. The van der Waals surface area contributed by atoms with E-state index in [0.29, 0.717) is 12.2 Å². The average Bonchev–Trinajstić information content (AvgIpc) is 2.23. The van der Waals surface area contributed by atoms with Crippen LogP contribution in [-0.4, -0.2) is 42.0 Å². The van der Waals surface area contributed by atoms with Gasteiger partial charge in [-0.2, -0.15) is 0 Å². The molecule has 0 fully saturated rings. The summed E-state index contributed by atoms with van der Waals surface area (Å²) in [6.45, 7) is 9.92. The molecule has 0 rings (SSSR count). The number of esters is 1. The van der Waals surface area contributed by atoms with Crippen LogP contribution in [0.2, 0.25) is 0 Å². The van der Waals surface area contributed by atoms with Crippen LogP contribution < -0.4 is 0 Å². The Labute approximate surface area is 117 Å². The maximum absolute atomic E-state index is 11.2. The summed E-state index contributed by atoms with van der Waals surface area (Å²) in [6, 6.07) is 0. The van der Waals surface area contributed by atoms with Gasteiger partial charge >= 0.3 is 5.97 Å². The fourth-order valence-electron chi connectivity index (χ4n) is 1.25. The van der Waals surface area contributed by atoms with Crippen LogP contribution in [0.5, 0.6) is 0 Å². The molecule has 0 aliphatic carbocycles. The fraction of sp³-hybridized carbons (Fsp3) is 0.769. The Hall–Kier alpha value is -0.130. The van der Waals surface area contributed by atoms with Crippen molar-refractivity contribution in [1.29, 1.82) is 0 Å². The molecule has 0 N–H and O–H groups in total. The van der Waals surface area contributed by atoms with Crippen LogP contribution in [0.15, 0.2) is 12.2 Å². The van der Waals surface area contributed by atoms with Crippen LogP contribution in [0, 0.1) is 0 Å². The second-order valence-electron chi connectivity index (χ2n) is 5.16. The highest BCUT2D eigenvalue weighted by molar-refractivity contribution is 8.33. The molecule has 18 heavy (non-hydrogen) atoms. The molecule has 0 bridgehead atoms. The molecule has 0 heterocycles. The first-order valence-corrected chi connectivity index (χ1v) is 9.66. The van der Waals surface area contributed by atoms with Crippen LogP contribution in [0.4, 0.5) is 0 Å². The van der Waals surface area contributed by atoms with Crippen molar-refractivity contribution < 1.29 is 13.7 Å². The van der Waals surface area contributed by atoms with Crippen LogP contribution in [0.3, 0.4) is 0 Å². The maximum atomic E-state index is 11.2. The smallest absolute Gasteiger partial charge is 0.333 e. The Bertz CT molecular complexity index is 299. The largest absolute Gasteiger partial charge is 0.462 e. The zero-order chi connectivity index (χ0) is 14.4. The van der Waals surface area contributed by atoms with Crippen molar-refractivity contribution in [1.82, 2.24) is 0 Å². The van der Waals surface area contributed by atoms with E-state index in [0.717, 1.165) is 12.2 Å². The van der Waals surface area contributed by atoms with E-state index in [9.17, 15) is 4.79 Å². The molecule has 0 aromatic rings. The molecule has 108 valence electrons. The van der Waals surface area contributed by atoms with Crippen molar-refractivity contribution >= 4 is 28.0 Å².